The maximum Gasteiger partial charge on any atom is 0.409 e. The van der Waals surface area contributed by atoms with Crippen molar-refractivity contribution < 1.29 is 14.6 Å². The van der Waals surface area contributed by atoms with E-state index in [4.69, 9.17) is 4.74 Å². The van der Waals surface area contributed by atoms with Gasteiger partial charge in [0.05, 0.1) is 19.3 Å². The van der Waals surface area contributed by atoms with Gasteiger partial charge in [0, 0.05) is 12.5 Å². The molecule has 1 aliphatic rings. The van der Waals surface area contributed by atoms with Crippen LogP contribution in [0.3, 0.4) is 0 Å². The van der Waals surface area contributed by atoms with Crippen molar-refractivity contribution in [2.24, 2.45) is 0 Å². The number of nitrogens with zero attached hydrogens (tertiary/aromatic N) is 1. The summed E-state index contributed by atoms with van der Waals surface area (Å²) < 4.78 is 5.02. The van der Waals surface area contributed by atoms with Gasteiger partial charge in [-0.2, -0.15) is 0 Å². The molecular formula is C20H23NO3. The first-order chi connectivity index (χ1) is 11.7. The Morgan fingerprint density at radius 2 is 1.92 bits per heavy atom. The van der Waals surface area contributed by atoms with Crippen LogP contribution in [-0.2, 0) is 4.74 Å². The van der Waals surface area contributed by atoms with Crippen molar-refractivity contribution in [3.63, 3.8) is 0 Å². The fourth-order valence-corrected chi connectivity index (χ4v) is 3.28. The average molecular weight is 325 g/mol. The van der Waals surface area contributed by atoms with Crippen molar-refractivity contribution in [2.45, 2.75) is 25.4 Å². The highest BCUT2D eigenvalue weighted by Gasteiger charge is 2.31. The molecule has 2 unspecified atom stereocenters. The van der Waals surface area contributed by atoms with E-state index in [2.05, 4.69) is 30.3 Å². The number of amides is 1. The summed E-state index contributed by atoms with van der Waals surface area (Å²) in [6.07, 6.45) is -0.180. The molecule has 1 saturated heterocycles. The fourth-order valence-electron chi connectivity index (χ4n) is 3.28. The van der Waals surface area contributed by atoms with Gasteiger partial charge in [0.1, 0.15) is 0 Å². The monoisotopic (exact) mass is 325 g/mol. The molecule has 1 heterocycles. The lowest BCUT2D eigenvalue weighted by Gasteiger charge is -2.35. The number of rotatable bonds is 3. The first kappa shape index (κ1) is 16.5. The van der Waals surface area contributed by atoms with Gasteiger partial charge in [-0.05, 0) is 30.0 Å². The standard InChI is InChI=1S/C20H23NO3/c1-2-24-20(23)21-12-11-18(19(22)14-21)17-10-6-9-16(13-17)15-7-4-3-5-8-15/h3-10,13,18-19,22H,2,11-12,14H2,1H3. The topological polar surface area (TPSA) is 49.8 Å². The predicted octanol–water partition coefficient (Wildman–Crippen LogP) is 3.66. The highest BCUT2D eigenvalue weighted by molar-refractivity contribution is 5.68. The van der Waals surface area contributed by atoms with Crippen LogP contribution in [0.25, 0.3) is 11.1 Å². The summed E-state index contributed by atoms with van der Waals surface area (Å²) in [4.78, 5) is 13.4. The highest BCUT2D eigenvalue weighted by Crippen LogP contribution is 2.31. The molecule has 0 spiro atoms. The van der Waals surface area contributed by atoms with Gasteiger partial charge in [-0.15, -0.1) is 0 Å². The van der Waals surface area contributed by atoms with Crippen molar-refractivity contribution in [1.82, 2.24) is 4.90 Å². The van der Waals surface area contributed by atoms with Crippen LogP contribution in [-0.4, -0.2) is 41.9 Å². The Kier molecular flexibility index (Phi) is 5.16. The second-order valence-corrected chi connectivity index (χ2v) is 6.10. The van der Waals surface area contributed by atoms with Crippen LogP contribution >= 0.6 is 0 Å². The number of hydrogen-bond donors (Lipinski definition) is 1. The number of ether oxygens (including phenoxy) is 1. The normalized spacial score (nSPS) is 20.7. The molecule has 126 valence electrons. The Bertz CT molecular complexity index is 686. The van der Waals surface area contributed by atoms with Gasteiger partial charge in [-0.1, -0.05) is 54.6 Å². The highest BCUT2D eigenvalue weighted by atomic mass is 16.6. The molecule has 0 bridgehead atoms. The third-order valence-electron chi connectivity index (χ3n) is 4.53. The quantitative estimate of drug-likeness (QED) is 0.937. The van der Waals surface area contributed by atoms with E-state index in [0.717, 1.165) is 23.1 Å². The van der Waals surface area contributed by atoms with Crippen molar-refractivity contribution in [3.05, 3.63) is 60.2 Å². The molecule has 4 nitrogen and oxygen atoms in total. The van der Waals surface area contributed by atoms with Gasteiger partial charge in [-0.3, -0.25) is 0 Å². The number of carbonyl (C=O) groups is 1. The summed E-state index contributed by atoms with van der Waals surface area (Å²) in [5, 5.41) is 10.5. The van der Waals surface area contributed by atoms with Gasteiger partial charge < -0.3 is 14.7 Å². The van der Waals surface area contributed by atoms with Gasteiger partial charge in [0.25, 0.3) is 0 Å². The summed E-state index contributed by atoms with van der Waals surface area (Å²) in [6, 6.07) is 18.5. The van der Waals surface area contributed by atoms with Crippen molar-refractivity contribution in [1.29, 1.82) is 0 Å². The largest absolute Gasteiger partial charge is 0.450 e. The van der Waals surface area contributed by atoms with Gasteiger partial charge >= 0.3 is 6.09 Å². The van der Waals surface area contributed by atoms with Crippen LogP contribution in [0.2, 0.25) is 0 Å². The summed E-state index contributed by atoms with van der Waals surface area (Å²) in [7, 11) is 0. The maximum atomic E-state index is 11.8. The molecule has 1 N–H and O–H groups in total. The van der Waals surface area contributed by atoms with E-state index < -0.39 is 6.10 Å². The summed E-state index contributed by atoms with van der Waals surface area (Å²) >= 11 is 0. The Hall–Kier alpha value is -2.33. The smallest absolute Gasteiger partial charge is 0.409 e. The lowest BCUT2D eigenvalue weighted by atomic mass is 9.86. The first-order valence-electron chi connectivity index (χ1n) is 8.44. The Labute approximate surface area is 142 Å². The molecule has 1 fully saturated rings. The molecule has 1 amide bonds. The van der Waals surface area contributed by atoms with E-state index in [1.54, 1.807) is 11.8 Å². The Balaban J connectivity index is 1.75. The molecule has 0 saturated carbocycles. The van der Waals surface area contributed by atoms with Crippen LogP contribution in [0.5, 0.6) is 0 Å². The zero-order chi connectivity index (χ0) is 16.9. The minimum absolute atomic E-state index is 0.0411. The molecule has 0 radical (unpaired) electrons. The van der Waals surface area contributed by atoms with Gasteiger partial charge in [0.15, 0.2) is 0 Å². The van der Waals surface area contributed by atoms with E-state index in [9.17, 15) is 9.90 Å². The van der Waals surface area contributed by atoms with Crippen molar-refractivity contribution >= 4 is 6.09 Å². The average Bonchev–Trinajstić information content (AvgIpc) is 2.62. The SMILES string of the molecule is CCOC(=O)N1CCC(c2cccc(-c3ccccc3)c2)C(O)C1. The summed E-state index contributed by atoms with van der Waals surface area (Å²) in [6.45, 7) is 3.07. The minimum atomic E-state index is -0.575. The minimum Gasteiger partial charge on any atom is -0.450 e. The molecule has 1 aliphatic heterocycles. The second kappa shape index (κ2) is 7.49. The van der Waals surface area contributed by atoms with E-state index in [1.807, 2.05) is 24.3 Å². The molecule has 0 aromatic heterocycles. The third kappa shape index (κ3) is 3.60. The first-order valence-corrected chi connectivity index (χ1v) is 8.44. The van der Waals surface area contributed by atoms with Crippen molar-refractivity contribution in [2.75, 3.05) is 19.7 Å². The lowest BCUT2D eigenvalue weighted by Crippen LogP contribution is -2.45. The second-order valence-electron chi connectivity index (χ2n) is 6.10. The van der Waals surface area contributed by atoms with Crippen LogP contribution in [0.4, 0.5) is 4.79 Å². The number of likely N-dealkylation sites (tertiary alicyclic amines) is 1. The van der Waals surface area contributed by atoms with Crippen LogP contribution in [0.1, 0.15) is 24.8 Å². The molecule has 4 heteroatoms. The van der Waals surface area contributed by atoms with Crippen molar-refractivity contribution in [3.8, 4) is 11.1 Å². The predicted molar refractivity (Wildman–Crippen MR) is 93.8 cm³/mol. The molecule has 3 rings (SSSR count). The summed E-state index contributed by atoms with van der Waals surface area (Å²) in [5.41, 5.74) is 3.43. The zero-order valence-electron chi connectivity index (χ0n) is 13.9. The molecular weight excluding hydrogens is 302 g/mol. The van der Waals surface area contributed by atoms with Crippen LogP contribution in [0.15, 0.2) is 54.6 Å². The number of carbonyl (C=O) groups excluding carboxylic acids is 1. The van der Waals surface area contributed by atoms with Gasteiger partial charge in [-0.25, -0.2) is 4.79 Å². The number of benzene rings is 2. The maximum absolute atomic E-state index is 11.8. The number of piperidine rings is 1. The van der Waals surface area contributed by atoms with E-state index >= 15 is 0 Å². The molecule has 2 aromatic rings. The Morgan fingerprint density at radius 1 is 1.17 bits per heavy atom. The number of hydrogen-bond acceptors (Lipinski definition) is 3. The lowest BCUT2D eigenvalue weighted by molar-refractivity contribution is 0.0385. The molecule has 2 aromatic carbocycles. The van der Waals surface area contributed by atoms with E-state index in [0.29, 0.717) is 19.7 Å². The number of aliphatic hydroxyl groups excluding tert-OH is 1. The number of aliphatic hydroxyl groups is 1. The third-order valence-corrected chi connectivity index (χ3v) is 4.53. The van der Waals surface area contributed by atoms with E-state index in [-0.39, 0.29) is 12.0 Å². The van der Waals surface area contributed by atoms with Gasteiger partial charge in [0.2, 0.25) is 0 Å². The number of β-amino-alcohol motifs (C(OH)–C–C–N with tert-alkyl or cyclic N) is 1. The fraction of sp³-hybridized carbons (Fsp3) is 0.350. The van der Waals surface area contributed by atoms with Crippen LogP contribution in [0, 0.1) is 0 Å². The van der Waals surface area contributed by atoms with E-state index in [1.165, 1.54) is 0 Å². The van der Waals surface area contributed by atoms with Crippen LogP contribution < -0.4 is 0 Å². The Morgan fingerprint density at radius 3 is 2.62 bits per heavy atom. The summed E-state index contributed by atoms with van der Waals surface area (Å²) in [5.74, 6) is 0.0411. The molecule has 2 atom stereocenters. The zero-order valence-corrected chi connectivity index (χ0v) is 13.9. The molecule has 24 heavy (non-hydrogen) atoms. The molecule has 0 aliphatic carbocycles.